The number of dihydropyridines is 1. The van der Waals surface area contributed by atoms with Crippen LogP contribution >= 0.6 is 0 Å². The van der Waals surface area contributed by atoms with Crippen LogP contribution in [0.2, 0.25) is 0 Å². The lowest BCUT2D eigenvalue weighted by atomic mass is 9.68. The summed E-state index contributed by atoms with van der Waals surface area (Å²) in [5, 5.41) is 16.3. The highest BCUT2D eigenvalue weighted by atomic mass is 16.5. The molecule has 2 heterocycles. The van der Waals surface area contributed by atoms with E-state index in [1.54, 1.807) is 36.5 Å². The van der Waals surface area contributed by atoms with Gasteiger partial charge in [-0.15, -0.1) is 0 Å². The number of carbonyl (C=O) groups is 2. The number of amides is 1. The zero-order valence-electron chi connectivity index (χ0n) is 18.7. The molecule has 2 aromatic rings. The number of Topliss-reactive ketones (excluding diaryl/α,β-unsaturated/α-hetero) is 1. The number of benzene rings is 1. The number of ether oxygens (including phenoxy) is 1. The third-order valence-corrected chi connectivity index (χ3v) is 5.93. The van der Waals surface area contributed by atoms with Gasteiger partial charge in [0.1, 0.15) is 5.82 Å². The molecule has 1 aliphatic carbocycles. The number of phenolic OH excluding ortho intramolecular Hbond substituents is 1. The molecule has 1 amide bonds. The number of rotatable bonds is 4. The molecule has 1 aliphatic heterocycles. The van der Waals surface area contributed by atoms with Crippen molar-refractivity contribution in [1.29, 1.82) is 0 Å². The summed E-state index contributed by atoms with van der Waals surface area (Å²) in [6.07, 6.45) is 2.70. The van der Waals surface area contributed by atoms with E-state index in [2.05, 4.69) is 29.5 Å². The maximum Gasteiger partial charge on any atom is 0.255 e. The maximum absolute atomic E-state index is 13.4. The van der Waals surface area contributed by atoms with Crippen LogP contribution in [-0.2, 0) is 9.59 Å². The fourth-order valence-corrected chi connectivity index (χ4v) is 4.56. The monoisotopic (exact) mass is 433 g/mol. The van der Waals surface area contributed by atoms with Crippen LogP contribution in [0.15, 0.2) is 65.1 Å². The summed E-state index contributed by atoms with van der Waals surface area (Å²) in [4.78, 5) is 30.9. The molecule has 0 fully saturated rings. The molecule has 1 unspecified atom stereocenters. The number of nitrogens with one attached hydrogen (secondary N) is 2. The molecular formula is C25H27N3O4. The number of nitrogens with zero attached hydrogens (tertiary/aromatic N) is 1. The Kier molecular flexibility index (Phi) is 5.50. The highest BCUT2D eigenvalue weighted by molar-refractivity contribution is 6.09. The number of aromatic nitrogens is 1. The van der Waals surface area contributed by atoms with Crippen molar-refractivity contribution < 1.29 is 19.4 Å². The maximum atomic E-state index is 13.4. The fourth-order valence-electron chi connectivity index (χ4n) is 4.56. The van der Waals surface area contributed by atoms with Crippen LogP contribution in [0.1, 0.15) is 45.1 Å². The number of hydrogen-bond donors (Lipinski definition) is 3. The van der Waals surface area contributed by atoms with Crippen LogP contribution in [0.4, 0.5) is 5.82 Å². The van der Waals surface area contributed by atoms with Gasteiger partial charge in [-0.2, -0.15) is 0 Å². The predicted molar refractivity (Wildman–Crippen MR) is 121 cm³/mol. The van der Waals surface area contributed by atoms with Gasteiger partial charge in [0.25, 0.3) is 5.91 Å². The van der Waals surface area contributed by atoms with Crippen LogP contribution in [0.5, 0.6) is 11.5 Å². The van der Waals surface area contributed by atoms with Gasteiger partial charge in [0, 0.05) is 41.1 Å². The number of methoxy groups -OCH3 is 1. The average Bonchev–Trinajstić information content (AvgIpc) is 2.72. The summed E-state index contributed by atoms with van der Waals surface area (Å²) in [6.45, 7) is 5.97. The average molecular weight is 434 g/mol. The van der Waals surface area contributed by atoms with Crippen LogP contribution in [0.25, 0.3) is 0 Å². The SMILES string of the molecule is COc1cc(C2C(C(=O)Nc3ccccn3)=C(C)NC3=C2C(=O)CC(C)(C)C3)ccc1O. The number of carbonyl (C=O) groups excluding carboxylic acids is 2. The normalized spacial score (nSPS) is 19.9. The first-order valence-electron chi connectivity index (χ1n) is 10.5. The van der Waals surface area contributed by atoms with Crippen molar-refractivity contribution in [2.24, 2.45) is 5.41 Å². The Labute approximate surface area is 187 Å². The third-order valence-electron chi connectivity index (χ3n) is 5.93. The molecule has 0 radical (unpaired) electrons. The van der Waals surface area contributed by atoms with Crippen molar-refractivity contribution in [3.05, 3.63) is 70.7 Å². The van der Waals surface area contributed by atoms with Gasteiger partial charge in [0.05, 0.1) is 7.11 Å². The number of ketones is 1. The zero-order chi connectivity index (χ0) is 23.0. The lowest BCUT2D eigenvalue weighted by molar-refractivity contribution is -0.118. The topological polar surface area (TPSA) is 101 Å². The van der Waals surface area contributed by atoms with Crippen LogP contribution in [0, 0.1) is 5.41 Å². The summed E-state index contributed by atoms with van der Waals surface area (Å²) in [7, 11) is 1.47. The minimum absolute atomic E-state index is 0.00400. The predicted octanol–water partition coefficient (Wildman–Crippen LogP) is 4.04. The molecular weight excluding hydrogens is 406 g/mol. The minimum atomic E-state index is -0.590. The van der Waals surface area contributed by atoms with E-state index in [9.17, 15) is 14.7 Å². The van der Waals surface area contributed by atoms with E-state index in [1.165, 1.54) is 13.2 Å². The van der Waals surface area contributed by atoms with Crippen molar-refractivity contribution in [3.8, 4) is 11.5 Å². The number of aromatic hydroxyl groups is 1. The summed E-state index contributed by atoms with van der Waals surface area (Å²) in [6, 6.07) is 10.2. The molecule has 166 valence electrons. The molecule has 0 saturated heterocycles. The minimum Gasteiger partial charge on any atom is -0.504 e. The van der Waals surface area contributed by atoms with E-state index in [4.69, 9.17) is 4.74 Å². The Balaban J connectivity index is 1.84. The number of phenols is 1. The Morgan fingerprint density at radius 3 is 2.72 bits per heavy atom. The highest BCUT2D eigenvalue weighted by Gasteiger charge is 2.42. The first-order chi connectivity index (χ1) is 15.2. The lowest BCUT2D eigenvalue weighted by Crippen LogP contribution is -2.39. The van der Waals surface area contributed by atoms with Gasteiger partial charge >= 0.3 is 0 Å². The molecule has 2 aliphatic rings. The molecule has 0 spiro atoms. The molecule has 4 rings (SSSR count). The second kappa shape index (κ2) is 8.15. The summed E-state index contributed by atoms with van der Waals surface area (Å²) >= 11 is 0. The molecule has 0 bridgehead atoms. The second-order valence-electron chi connectivity index (χ2n) is 9.03. The standard InChI is InChI=1S/C25H27N3O4/c1-14-21(24(31)28-20-7-5-6-10-26-20)22(15-8-9-17(29)19(11-15)32-4)23-16(27-14)12-25(2,3)13-18(23)30/h5-11,22,27,29H,12-13H2,1-4H3,(H,26,28,31). The molecule has 7 heteroatoms. The molecule has 7 nitrogen and oxygen atoms in total. The molecule has 3 N–H and O–H groups in total. The van der Waals surface area contributed by atoms with Crippen LogP contribution < -0.4 is 15.4 Å². The third kappa shape index (κ3) is 3.98. The van der Waals surface area contributed by atoms with Crippen LogP contribution in [-0.4, -0.2) is 28.9 Å². The highest BCUT2D eigenvalue weighted by Crippen LogP contribution is 2.47. The Morgan fingerprint density at radius 1 is 1.25 bits per heavy atom. The second-order valence-corrected chi connectivity index (χ2v) is 9.03. The molecule has 1 aromatic heterocycles. The van der Waals surface area contributed by atoms with Crippen molar-refractivity contribution in [1.82, 2.24) is 10.3 Å². The quantitative estimate of drug-likeness (QED) is 0.673. The molecule has 32 heavy (non-hydrogen) atoms. The summed E-state index contributed by atoms with van der Waals surface area (Å²) < 4.78 is 5.30. The van der Waals surface area contributed by atoms with E-state index < -0.39 is 5.92 Å². The van der Waals surface area contributed by atoms with Crippen molar-refractivity contribution >= 4 is 17.5 Å². The Morgan fingerprint density at radius 2 is 2.03 bits per heavy atom. The van der Waals surface area contributed by atoms with Gasteiger partial charge in [0.15, 0.2) is 17.3 Å². The summed E-state index contributed by atoms with van der Waals surface area (Å²) in [5.74, 6) is -0.209. The largest absolute Gasteiger partial charge is 0.504 e. The van der Waals surface area contributed by atoms with Gasteiger partial charge in [-0.3, -0.25) is 9.59 Å². The van der Waals surface area contributed by atoms with Gasteiger partial charge < -0.3 is 20.5 Å². The fraction of sp³-hybridized carbons (Fsp3) is 0.320. The van der Waals surface area contributed by atoms with E-state index in [0.717, 1.165) is 5.70 Å². The van der Waals surface area contributed by atoms with Gasteiger partial charge in [-0.1, -0.05) is 26.0 Å². The molecule has 1 aromatic carbocycles. The van der Waals surface area contributed by atoms with Crippen molar-refractivity contribution in [2.45, 2.75) is 39.5 Å². The van der Waals surface area contributed by atoms with E-state index in [-0.39, 0.29) is 28.6 Å². The lowest BCUT2D eigenvalue weighted by Gasteiger charge is -2.39. The van der Waals surface area contributed by atoms with Gasteiger partial charge in [-0.05, 0) is 48.6 Å². The van der Waals surface area contributed by atoms with E-state index >= 15 is 0 Å². The zero-order valence-corrected chi connectivity index (χ0v) is 18.7. The van der Waals surface area contributed by atoms with E-state index in [1.807, 2.05) is 6.92 Å². The number of pyridine rings is 1. The first-order valence-corrected chi connectivity index (χ1v) is 10.5. The number of allylic oxidation sites excluding steroid dienone is 3. The van der Waals surface area contributed by atoms with E-state index in [0.29, 0.717) is 41.1 Å². The molecule has 0 saturated carbocycles. The van der Waals surface area contributed by atoms with Crippen molar-refractivity contribution in [2.75, 3.05) is 12.4 Å². The first kappa shape index (κ1) is 21.6. The van der Waals surface area contributed by atoms with Crippen LogP contribution in [0.3, 0.4) is 0 Å². The Bertz CT molecular complexity index is 1150. The Hall–Kier alpha value is -3.61. The number of hydrogen-bond acceptors (Lipinski definition) is 6. The smallest absolute Gasteiger partial charge is 0.255 e. The van der Waals surface area contributed by atoms with Gasteiger partial charge in [-0.25, -0.2) is 4.98 Å². The van der Waals surface area contributed by atoms with Gasteiger partial charge in [0.2, 0.25) is 0 Å². The van der Waals surface area contributed by atoms with Crippen molar-refractivity contribution in [3.63, 3.8) is 0 Å². The molecule has 1 atom stereocenters. The summed E-state index contributed by atoms with van der Waals surface area (Å²) in [5.41, 5.74) is 3.08. The number of anilines is 1.